The molecular weight excluding hydrogens is 274 g/mol. The molecule has 0 aromatic carbocycles. The van der Waals surface area contributed by atoms with Gasteiger partial charge < -0.3 is 14.8 Å². The van der Waals surface area contributed by atoms with Crippen molar-refractivity contribution in [3.05, 3.63) is 0 Å². The Hall–Kier alpha value is -0.883. The molecule has 1 saturated heterocycles. The number of nitrogens with one attached hydrogen (secondary N) is 1. The average Bonchev–Trinajstić information content (AvgIpc) is 2.22. The lowest BCUT2D eigenvalue weighted by atomic mass is 9.83. The van der Waals surface area contributed by atoms with Gasteiger partial charge >= 0.3 is 5.97 Å². The highest BCUT2D eigenvalue weighted by Gasteiger charge is 2.46. The Morgan fingerprint density at radius 1 is 1.45 bits per heavy atom. The van der Waals surface area contributed by atoms with Crippen LogP contribution in [0.3, 0.4) is 0 Å². The number of amides is 1. The monoisotopic (exact) mass is 301 g/mol. The fourth-order valence-corrected chi connectivity index (χ4v) is 3.62. The molecule has 1 heterocycles. The lowest BCUT2D eigenvalue weighted by molar-refractivity contribution is -0.141. The fraction of sp³-hybridized carbons (Fsp3) is 0.857. The first-order chi connectivity index (χ1) is 8.95. The van der Waals surface area contributed by atoms with Crippen LogP contribution in [0.25, 0.3) is 0 Å². The highest BCUT2D eigenvalue weighted by molar-refractivity contribution is 6.74. The molecule has 0 spiro atoms. The van der Waals surface area contributed by atoms with Crippen molar-refractivity contribution in [3.63, 3.8) is 0 Å². The van der Waals surface area contributed by atoms with Crippen LogP contribution in [0.1, 0.15) is 40.5 Å². The number of hydrogen-bond donors (Lipinski definition) is 2. The smallest absolute Gasteiger partial charge is 0.303 e. The number of hydrogen-bond acceptors (Lipinski definition) is 3. The summed E-state index contributed by atoms with van der Waals surface area (Å²) >= 11 is 0. The molecule has 0 unspecified atom stereocenters. The molecule has 0 aromatic heterocycles. The van der Waals surface area contributed by atoms with Gasteiger partial charge in [0, 0.05) is 6.42 Å². The molecule has 1 rings (SSSR count). The molecule has 6 heteroatoms. The minimum absolute atomic E-state index is 0.0292. The highest BCUT2D eigenvalue weighted by Crippen LogP contribution is 2.38. The number of carboxylic acid groups (broad SMARTS) is 1. The van der Waals surface area contributed by atoms with Gasteiger partial charge in [-0.1, -0.05) is 20.8 Å². The van der Waals surface area contributed by atoms with Crippen molar-refractivity contribution < 1.29 is 19.1 Å². The molecule has 5 nitrogen and oxygen atoms in total. The Balaban J connectivity index is 2.61. The van der Waals surface area contributed by atoms with Gasteiger partial charge in [0.2, 0.25) is 5.91 Å². The zero-order chi connectivity index (χ0) is 15.7. The van der Waals surface area contributed by atoms with E-state index in [0.717, 1.165) is 0 Å². The highest BCUT2D eigenvalue weighted by atomic mass is 28.4. The zero-order valence-electron chi connectivity index (χ0n) is 13.3. The minimum Gasteiger partial charge on any atom is -0.481 e. The van der Waals surface area contributed by atoms with E-state index in [0.29, 0.717) is 6.42 Å². The standard InChI is InChI=1S/C14H27NO4Si/c1-9(19-20(5,6)14(2,3)4)12-10(13(18)15-12)7-8-11(16)17/h9-10,12H,7-8H2,1-6H3,(H,15,18)(H,16,17)/t9-,10-,12-/m1/s1. The van der Waals surface area contributed by atoms with Crippen molar-refractivity contribution in [2.24, 2.45) is 5.92 Å². The quantitative estimate of drug-likeness (QED) is 0.583. The fourth-order valence-electron chi connectivity index (χ4n) is 2.19. The third kappa shape index (κ3) is 3.82. The first-order valence-corrected chi connectivity index (χ1v) is 10.1. The molecule has 0 aromatic rings. The van der Waals surface area contributed by atoms with Crippen LogP contribution in [0.2, 0.25) is 18.1 Å². The van der Waals surface area contributed by atoms with Gasteiger partial charge in [-0.2, -0.15) is 0 Å². The Morgan fingerprint density at radius 2 is 2.00 bits per heavy atom. The number of β-lactam (4-membered cyclic amide) rings is 1. The Labute approximate surface area is 122 Å². The van der Waals surface area contributed by atoms with Crippen LogP contribution in [0.4, 0.5) is 0 Å². The molecule has 0 bridgehead atoms. The van der Waals surface area contributed by atoms with E-state index in [2.05, 4.69) is 39.2 Å². The van der Waals surface area contributed by atoms with Crippen molar-refractivity contribution in [2.45, 2.75) is 70.8 Å². The SMILES string of the molecule is C[C@@H](O[Si](C)(C)C(C)(C)C)[C@H]1NC(=O)[C@@H]1CCC(=O)O. The molecule has 1 aliphatic rings. The Morgan fingerprint density at radius 3 is 2.40 bits per heavy atom. The molecule has 1 amide bonds. The summed E-state index contributed by atoms with van der Waals surface area (Å²) < 4.78 is 6.27. The summed E-state index contributed by atoms with van der Waals surface area (Å²) in [6.07, 6.45) is 0.339. The maximum Gasteiger partial charge on any atom is 0.303 e. The molecule has 0 saturated carbocycles. The summed E-state index contributed by atoms with van der Waals surface area (Å²) in [7, 11) is -1.88. The van der Waals surface area contributed by atoms with Gasteiger partial charge in [-0.3, -0.25) is 9.59 Å². The summed E-state index contributed by atoms with van der Waals surface area (Å²) in [5.41, 5.74) is 0. The van der Waals surface area contributed by atoms with Gasteiger partial charge in [0.1, 0.15) is 0 Å². The topological polar surface area (TPSA) is 75.6 Å². The predicted molar refractivity (Wildman–Crippen MR) is 80.0 cm³/mol. The van der Waals surface area contributed by atoms with E-state index in [9.17, 15) is 9.59 Å². The molecule has 116 valence electrons. The average molecular weight is 301 g/mol. The molecule has 0 radical (unpaired) electrons. The van der Waals surface area contributed by atoms with Crippen molar-refractivity contribution in [1.29, 1.82) is 0 Å². The van der Waals surface area contributed by atoms with Gasteiger partial charge in [-0.25, -0.2) is 0 Å². The third-order valence-electron chi connectivity index (χ3n) is 4.54. The van der Waals surface area contributed by atoms with Gasteiger partial charge in [-0.05, 0) is 31.5 Å². The van der Waals surface area contributed by atoms with E-state index in [-0.39, 0.29) is 35.4 Å². The minimum atomic E-state index is -1.88. The van der Waals surface area contributed by atoms with Crippen LogP contribution in [0, 0.1) is 5.92 Å². The van der Waals surface area contributed by atoms with E-state index in [1.165, 1.54) is 0 Å². The largest absolute Gasteiger partial charge is 0.481 e. The lowest BCUT2D eigenvalue weighted by Gasteiger charge is -2.45. The normalized spacial score (nSPS) is 24.8. The zero-order valence-corrected chi connectivity index (χ0v) is 14.3. The number of carboxylic acids is 1. The van der Waals surface area contributed by atoms with Crippen molar-refractivity contribution in [1.82, 2.24) is 5.32 Å². The Kier molecular flexibility index (Phi) is 5.02. The van der Waals surface area contributed by atoms with Gasteiger partial charge in [0.15, 0.2) is 8.32 Å². The number of aliphatic carboxylic acids is 1. The summed E-state index contributed by atoms with van der Waals surface area (Å²) in [6, 6.07) is -0.0593. The molecule has 3 atom stereocenters. The number of rotatable bonds is 6. The van der Waals surface area contributed by atoms with E-state index < -0.39 is 14.3 Å². The molecular formula is C14H27NO4Si. The summed E-state index contributed by atoms with van der Waals surface area (Å²) in [4.78, 5) is 22.2. The third-order valence-corrected chi connectivity index (χ3v) is 9.11. The number of carbonyl (C=O) groups is 2. The molecule has 0 aliphatic carbocycles. The first-order valence-electron chi connectivity index (χ1n) is 7.15. The van der Waals surface area contributed by atoms with Crippen LogP contribution >= 0.6 is 0 Å². The van der Waals surface area contributed by atoms with Crippen LogP contribution in [0.15, 0.2) is 0 Å². The second-order valence-corrected chi connectivity index (χ2v) is 11.9. The predicted octanol–water partition coefficient (Wildman–Crippen LogP) is 2.38. The second-order valence-electron chi connectivity index (χ2n) is 7.16. The molecule has 20 heavy (non-hydrogen) atoms. The van der Waals surface area contributed by atoms with Crippen LogP contribution in [0.5, 0.6) is 0 Å². The van der Waals surface area contributed by atoms with Gasteiger partial charge in [0.05, 0.1) is 18.1 Å². The summed E-state index contributed by atoms with van der Waals surface area (Å²) in [5, 5.41) is 11.7. The van der Waals surface area contributed by atoms with E-state index in [1.54, 1.807) is 0 Å². The molecule has 2 N–H and O–H groups in total. The van der Waals surface area contributed by atoms with E-state index in [1.807, 2.05) is 6.92 Å². The molecule has 1 fully saturated rings. The van der Waals surface area contributed by atoms with Crippen molar-refractivity contribution in [3.8, 4) is 0 Å². The Bertz CT molecular complexity index is 389. The summed E-state index contributed by atoms with van der Waals surface area (Å²) in [5.74, 6) is -1.14. The summed E-state index contributed by atoms with van der Waals surface area (Å²) in [6.45, 7) is 12.8. The van der Waals surface area contributed by atoms with Crippen LogP contribution < -0.4 is 5.32 Å². The van der Waals surface area contributed by atoms with E-state index >= 15 is 0 Å². The van der Waals surface area contributed by atoms with Crippen LogP contribution in [-0.2, 0) is 14.0 Å². The van der Waals surface area contributed by atoms with Gasteiger partial charge in [-0.15, -0.1) is 0 Å². The van der Waals surface area contributed by atoms with Crippen molar-refractivity contribution >= 4 is 20.2 Å². The maximum atomic E-state index is 11.6. The van der Waals surface area contributed by atoms with E-state index in [4.69, 9.17) is 9.53 Å². The lowest BCUT2D eigenvalue weighted by Crippen LogP contribution is -2.64. The van der Waals surface area contributed by atoms with Crippen LogP contribution in [-0.4, -0.2) is 37.4 Å². The number of carbonyl (C=O) groups excluding carboxylic acids is 1. The molecule has 1 aliphatic heterocycles. The van der Waals surface area contributed by atoms with Crippen molar-refractivity contribution in [2.75, 3.05) is 0 Å². The maximum absolute atomic E-state index is 11.6. The second kappa shape index (κ2) is 5.85. The first kappa shape index (κ1) is 17.2. The van der Waals surface area contributed by atoms with Gasteiger partial charge in [0.25, 0.3) is 0 Å².